The van der Waals surface area contributed by atoms with Crippen LogP contribution in [0.3, 0.4) is 0 Å². The molecule has 0 saturated heterocycles. The van der Waals surface area contributed by atoms with E-state index in [0.717, 1.165) is 23.8 Å². The summed E-state index contributed by atoms with van der Waals surface area (Å²) in [7, 11) is 0. The highest BCUT2D eigenvalue weighted by Gasteiger charge is 2.35. The van der Waals surface area contributed by atoms with Crippen LogP contribution in [0, 0.1) is 23.2 Å². The predicted molar refractivity (Wildman–Crippen MR) is 84.3 cm³/mol. The number of rotatable bonds is 7. The standard InChI is InChI=1S/C18H35N/c1-5-6-14(2)11-16-12-18(3,4)10-9-15(16)13-19-17-7-8-17/h14-17,19H,5-13H2,1-4H3. The summed E-state index contributed by atoms with van der Waals surface area (Å²) >= 11 is 0. The normalized spacial score (nSPS) is 32.2. The topological polar surface area (TPSA) is 12.0 Å². The summed E-state index contributed by atoms with van der Waals surface area (Å²) in [6.45, 7) is 11.1. The third-order valence-corrected chi connectivity index (χ3v) is 5.41. The van der Waals surface area contributed by atoms with Crippen LogP contribution in [0.2, 0.25) is 0 Å². The average molecular weight is 265 g/mol. The lowest BCUT2D eigenvalue weighted by Gasteiger charge is -2.42. The first-order valence-electron chi connectivity index (χ1n) is 8.73. The molecule has 3 atom stereocenters. The molecule has 0 aromatic carbocycles. The molecule has 3 unspecified atom stereocenters. The van der Waals surface area contributed by atoms with Crippen LogP contribution in [0.1, 0.15) is 79.1 Å². The molecule has 0 spiro atoms. The van der Waals surface area contributed by atoms with E-state index < -0.39 is 0 Å². The van der Waals surface area contributed by atoms with Crippen molar-refractivity contribution in [2.24, 2.45) is 23.2 Å². The van der Waals surface area contributed by atoms with Crippen molar-refractivity contribution >= 4 is 0 Å². The van der Waals surface area contributed by atoms with Gasteiger partial charge in [0.2, 0.25) is 0 Å². The van der Waals surface area contributed by atoms with Crippen molar-refractivity contribution in [1.29, 1.82) is 0 Å². The molecule has 2 fully saturated rings. The molecule has 112 valence electrons. The Hall–Kier alpha value is -0.0400. The smallest absolute Gasteiger partial charge is 0.00683 e. The van der Waals surface area contributed by atoms with Crippen LogP contribution in [-0.4, -0.2) is 12.6 Å². The Morgan fingerprint density at radius 3 is 2.53 bits per heavy atom. The first-order valence-corrected chi connectivity index (χ1v) is 8.73. The van der Waals surface area contributed by atoms with E-state index in [-0.39, 0.29) is 0 Å². The molecule has 2 aliphatic carbocycles. The lowest BCUT2D eigenvalue weighted by molar-refractivity contribution is 0.0973. The van der Waals surface area contributed by atoms with E-state index in [1.165, 1.54) is 57.9 Å². The van der Waals surface area contributed by atoms with Crippen LogP contribution in [0.15, 0.2) is 0 Å². The van der Waals surface area contributed by atoms with Crippen LogP contribution < -0.4 is 5.32 Å². The summed E-state index contributed by atoms with van der Waals surface area (Å²) in [6, 6.07) is 0.878. The van der Waals surface area contributed by atoms with Gasteiger partial charge in [-0.1, -0.05) is 40.5 Å². The monoisotopic (exact) mass is 265 g/mol. The Kier molecular flexibility index (Phi) is 5.34. The lowest BCUT2D eigenvalue weighted by atomic mass is 9.65. The molecule has 0 aliphatic heterocycles. The van der Waals surface area contributed by atoms with E-state index in [4.69, 9.17) is 0 Å². The lowest BCUT2D eigenvalue weighted by Crippen LogP contribution is -2.37. The summed E-state index contributed by atoms with van der Waals surface area (Å²) in [5, 5.41) is 3.79. The van der Waals surface area contributed by atoms with E-state index in [1.807, 2.05) is 0 Å². The minimum Gasteiger partial charge on any atom is -0.314 e. The molecule has 0 radical (unpaired) electrons. The Morgan fingerprint density at radius 2 is 1.89 bits per heavy atom. The maximum Gasteiger partial charge on any atom is 0.00683 e. The maximum absolute atomic E-state index is 3.79. The Morgan fingerprint density at radius 1 is 1.16 bits per heavy atom. The molecular formula is C18H35N. The molecule has 2 aliphatic rings. The zero-order valence-corrected chi connectivity index (χ0v) is 13.7. The van der Waals surface area contributed by atoms with E-state index in [0.29, 0.717) is 5.41 Å². The summed E-state index contributed by atoms with van der Waals surface area (Å²) in [5.74, 6) is 2.84. The molecule has 0 aromatic rings. The van der Waals surface area contributed by atoms with Crippen LogP contribution >= 0.6 is 0 Å². The minimum absolute atomic E-state index is 0.590. The molecule has 2 saturated carbocycles. The largest absolute Gasteiger partial charge is 0.314 e. The van der Waals surface area contributed by atoms with Gasteiger partial charge in [0.15, 0.2) is 0 Å². The van der Waals surface area contributed by atoms with Gasteiger partial charge in [-0.3, -0.25) is 0 Å². The van der Waals surface area contributed by atoms with Crippen molar-refractivity contribution in [2.45, 2.75) is 85.1 Å². The third kappa shape index (κ3) is 5.10. The van der Waals surface area contributed by atoms with Gasteiger partial charge >= 0.3 is 0 Å². The summed E-state index contributed by atoms with van der Waals surface area (Å²) in [6.07, 6.45) is 11.4. The number of hydrogen-bond donors (Lipinski definition) is 1. The van der Waals surface area contributed by atoms with Crippen molar-refractivity contribution in [3.05, 3.63) is 0 Å². The fraction of sp³-hybridized carbons (Fsp3) is 1.00. The SMILES string of the molecule is CCCC(C)CC1CC(C)(C)CCC1CNC1CC1. The molecular weight excluding hydrogens is 230 g/mol. The van der Waals surface area contributed by atoms with Crippen molar-refractivity contribution in [2.75, 3.05) is 6.54 Å². The zero-order valence-electron chi connectivity index (χ0n) is 13.7. The molecule has 1 heteroatoms. The molecule has 1 N–H and O–H groups in total. The second-order valence-corrected chi connectivity index (χ2v) is 8.24. The molecule has 2 rings (SSSR count). The van der Waals surface area contributed by atoms with Gasteiger partial charge < -0.3 is 5.32 Å². The number of nitrogens with one attached hydrogen (secondary N) is 1. The highest BCUT2D eigenvalue weighted by atomic mass is 14.9. The van der Waals surface area contributed by atoms with Gasteiger partial charge in [0.05, 0.1) is 0 Å². The van der Waals surface area contributed by atoms with Crippen molar-refractivity contribution in [3.8, 4) is 0 Å². The average Bonchev–Trinajstić information content (AvgIpc) is 3.11. The quantitative estimate of drug-likeness (QED) is 0.682. The van der Waals surface area contributed by atoms with E-state index in [1.54, 1.807) is 0 Å². The van der Waals surface area contributed by atoms with Gasteiger partial charge in [-0.15, -0.1) is 0 Å². The molecule has 1 nitrogen and oxygen atoms in total. The second-order valence-electron chi connectivity index (χ2n) is 8.24. The fourth-order valence-corrected chi connectivity index (χ4v) is 4.07. The molecule has 0 bridgehead atoms. The highest BCUT2D eigenvalue weighted by Crippen LogP contribution is 2.44. The van der Waals surface area contributed by atoms with Crippen LogP contribution in [-0.2, 0) is 0 Å². The highest BCUT2D eigenvalue weighted by molar-refractivity contribution is 4.89. The van der Waals surface area contributed by atoms with Crippen LogP contribution in [0.5, 0.6) is 0 Å². The van der Waals surface area contributed by atoms with Gasteiger partial charge in [0, 0.05) is 6.04 Å². The minimum atomic E-state index is 0.590. The van der Waals surface area contributed by atoms with Crippen LogP contribution in [0.25, 0.3) is 0 Å². The van der Waals surface area contributed by atoms with Crippen molar-refractivity contribution in [1.82, 2.24) is 5.32 Å². The van der Waals surface area contributed by atoms with Gasteiger partial charge in [-0.05, 0) is 68.2 Å². The fourth-order valence-electron chi connectivity index (χ4n) is 4.07. The molecule has 0 amide bonds. The predicted octanol–water partition coefficient (Wildman–Crippen LogP) is 5.01. The van der Waals surface area contributed by atoms with E-state index in [9.17, 15) is 0 Å². The summed E-state index contributed by atoms with van der Waals surface area (Å²) in [5.41, 5.74) is 0.590. The second kappa shape index (κ2) is 6.61. The van der Waals surface area contributed by atoms with Crippen molar-refractivity contribution < 1.29 is 0 Å². The van der Waals surface area contributed by atoms with Crippen LogP contribution in [0.4, 0.5) is 0 Å². The molecule has 0 heterocycles. The Balaban J connectivity index is 1.86. The Bertz CT molecular complexity index is 265. The molecule has 19 heavy (non-hydrogen) atoms. The van der Waals surface area contributed by atoms with E-state index in [2.05, 4.69) is 33.0 Å². The van der Waals surface area contributed by atoms with Gasteiger partial charge in [-0.2, -0.15) is 0 Å². The number of hydrogen-bond acceptors (Lipinski definition) is 1. The van der Waals surface area contributed by atoms with Gasteiger partial charge in [-0.25, -0.2) is 0 Å². The first kappa shape index (κ1) is 15.4. The van der Waals surface area contributed by atoms with E-state index >= 15 is 0 Å². The van der Waals surface area contributed by atoms with Crippen molar-refractivity contribution in [3.63, 3.8) is 0 Å². The third-order valence-electron chi connectivity index (χ3n) is 5.41. The van der Waals surface area contributed by atoms with Gasteiger partial charge in [0.25, 0.3) is 0 Å². The molecule has 0 aromatic heterocycles. The van der Waals surface area contributed by atoms with Gasteiger partial charge in [0.1, 0.15) is 0 Å². The summed E-state index contributed by atoms with van der Waals surface area (Å²) < 4.78 is 0. The maximum atomic E-state index is 3.79. The Labute approximate surface area is 120 Å². The first-order chi connectivity index (χ1) is 9.00. The zero-order chi connectivity index (χ0) is 13.9. The summed E-state index contributed by atoms with van der Waals surface area (Å²) in [4.78, 5) is 0.